The highest BCUT2D eigenvalue weighted by Gasteiger charge is 2.42. The second kappa shape index (κ2) is 14.6. The number of nitrogens with two attached hydrogens (primary N) is 2. The molecule has 1 saturated heterocycles. The Hall–Kier alpha value is -2.04. The molecule has 0 radical (unpaired) electrons. The highest BCUT2D eigenvalue weighted by molar-refractivity contribution is 7.66. The number of nitrogens with one attached hydrogen (secondary N) is 1. The van der Waals surface area contributed by atoms with Crippen LogP contribution >= 0.6 is 23.5 Å². The van der Waals surface area contributed by atoms with Gasteiger partial charge in [0, 0.05) is 19.0 Å². The third-order valence-electron chi connectivity index (χ3n) is 4.42. The fourth-order valence-corrected chi connectivity index (χ4v) is 5.71. The summed E-state index contributed by atoms with van der Waals surface area (Å²) in [5, 5.41) is 2.58. The normalized spacial score (nSPS) is 20.4. The average Bonchev–Trinajstić information content (AvgIpc) is 3.26. The van der Waals surface area contributed by atoms with Crippen molar-refractivity contribution in [3.63, 3.8) is 0 Å². The van der Waals surface area contributed by atoms with Gasteiger partial charge in [0.1, 0.15) is 12.0 Å². The van der Waals surface area contributed by atoms with Crippen molar-refractivity contribution in [3.05, 3.63) is 22.2 Å². The van der Waals surface area contributed by atoms with Crippen LogP contribution in [0, 0.1) is 11.8 Å². The molecule has 20 nitrogen and oxygen atoms in total. The van der Waals surface area contributed by atoms with Gasteiger partial charge in [-0.2, -0.15) is 18.5 Å². The van der Waals surface area contributed by atoms with Crippen molar-refractivity contribution >= 4 is 35.2 Å². The number of aromatic nitrogens is 2. The minimum absolute atomic E-state index is 0.0127. The third kappa shape index (κ3) is 12.3. The van der Waals surface area contributed by atoms with Gasteiger partial charge in [-0.1, -0.05) is 11.8 Å². The maximum Gasteiger partial charge on any atom is 0.508 e. The van der Waals surface area contributed by atoms with Gasteiger partial charge in [0.25, 0.3) is 0 Å². The number of carbonyl (C=O) groups is 1. The van der Waals surface area contributed by atoms with E-state index in [1.54, 1.807) is 0 Å². The van der Waals surface area contributed by atoms with Crippen molar-refractivity contribution in [1.29, 1.82) is 0 Å². The molecule has 39 heavy (non-hydrogen) atoms. The molecule has 1 fully saturated rings. The van der Waals surface area contributed by atoms with E-state index in [9.17, 15) is 28.2 Å². The monoisotopic (exact) mass is 621 g/mol. The van der Waals surface area contributed by atoms with E-state index in [-0.39, 0.29) is 43.1 Å². The number of ether oxygens (including phenoxy) is 1. The lowest BCUT2D eigenvalue weighted by molar-refractivity contribution is -0.326. The molecule has 0 saturated carbocycles. The zero-order chi connectivity index (χ0) is 29.3. The number of amides is 1. The summed E-state index contributed by atoms with van der Waals surface area (Å²) in [4.78, 5) is 72.3. The summed E-state index contributed by atoms with van der Waals surface area (Å²) in [6, 6.07) is 0. The summed E-state index contributed by atoms with van der Waals surface area (Å²) >= 11 is 0. The number of unbranched alkanes of at least 4 members (excludes halogenated alkanes) is 1. The molecule has 23 heteroatoms. The van der Waals surface area contributed by atoms with E-state index in [1.807, 2.05) is 0 Å². The number of rotatable bonds is 14. The SMILES string of the molecule is NOCCCCC(=O)NCC#Cc1cn(C2CCC(OOP(=O)(O)OP(=O)(O)OP(=O)(O)O)O2)c(=O)nc1N. The summed E-state index contributed by atoms with van der Waals surface area (Å²) in [5.74, 6) is 9.81. The largest absolute Gasteiger partial charge is 0.508 e. The fraction of sp³-hybridized carbons (Fsp3) is 0.562. The summed E-state index contributed by atoms with van der Waals surface area (Å²) in [7, 11) is -16.8. The molecule has 1 aliphatic rings. The number of hydrogen-bond donors (Lipinski definition) is 7. The first-order chi connectivity index (χ1) is 18.1. The Balaban J connectivity index is 1.94. The molecule has 1 aromatic rings. The number of nitrogens with zero attached hydrogens (tertiary/aromatic N) is 2. The van der Waals surface area contributed by atoms with Crippen LogP contribution in [0.2, 0.25) is 0 Å². The second-order valence-electron chi connectivity index (χ2n) is 7.50. The van der Waals surface area contributed by atoms with Gasteiger partial charge < -0.3 is 40.2 Å². The second-order valence-corrected chi connectivity index (χ2v) is 11.8. The molecule has 0 spiro atoms. The standard InChI is InChI=1S/C16H26N5O15P3/c17-15-11(4-3-8-19-12(22)5-1-2-9-31-18)10-21(16(23)20-15)13-6-7-14(32-13)33-34-38(27,28)36-39(29,30)35-37(24,25)26/h10,13-14H,1-2,5-9,18H2,(H,19,22)(H,27,28)(H,29,30)(H2,17,20,23)(H2,24,25,26). The molecular weight excluding hydrogens is 595 g/mol. The van der Waals surface area contributed by atoms with Crippen molar-refractivity contribution in [2.45, 2.75) is 44.6 Å². The van der Waals surface area contributed by atoms with Crippen molar-refractivity contribution in [3.8, 4) is 11.8 Å². The van der Waals surface area contributed by atoms with Gasteiger partial charge in [-0.25, -0.2) is 24.4 Å². The molecule has 1 amide bonds. The third-order valence-corrected chi connectivity index (χ3v) is 8.02. The van der Waals surface area contributed by atoms with Crippen molar-refractivity contribution < 1.29 is 65.8 Å². The highest BCUT2D eigenvalue weighted by atomic mass is 31.3. The fourth-order valence-electron chi connectivity index (χ4n) is 2.89. The van der Waals surface area contributed by atoms with Crippen LogP contribution in [0.1, 0.15) is 43.9 Å². The van der Waals surface area contributed by atoms with Crippen LogP contribution in [0.15, 0.2) is 11.0 Å². The number of hydrogen-bond acceptors (Lipinski definition) is 14. The van der Waals surface area contributed by atoms with Crippen LogP contribution in [-0.2, 0) is 46.2 Å². The number of carbonyl (C=O) groups excluding carboxylic acids is 1. The Morgan fingerprint density at radius 2 is 1.90 bits per heavy atom. The molecule has 2 rings (SSSR count). The lowest BCUT2D eigenvalue weighted by Gasteiger charge is -2.18. The smallest absolute Gasteiger partial charge is 0.382 e. The van der Waals surface area contributed by atoms with Crippen molar-refractivity contribution in [2.75, 3.05) is 18.9 Å². The minimum Gasteiger partial charge on any atom is -0.382 e. The first-order valence-corrected chi connectivity index (χ1v) is 15.2. The van der Waals surface area contributed by atoms with Crippen molar-refractivity contribution in [2.24, 2.45) is 5.90 Å². The van der Waals surface area contributed by atoms with E-state index in [1.165, 1.54) is 6.20 Å². The molecule has 0 aromatic carbocycles. The number of anilines is 1. The summed E-state index contributed by atoms with van der Waals surface area (Å²) < 4.78 is 51.2. The molecule has 0 bridgehead atoms. The van der Waals surface area contributed by atoms with E-state index in [4.69, 9.17) is 31.0 Å². The van der Waals surface area contributed by atoms with Crippen LogP contribution in [0.3, 0.4) is 0 Å². The molecule has 4 unspecified atom stereocenters. The number of phosphoric acid groups is 3. The molecule has 9 N–H and O–H groups in total. The molecule has 2 heterocycles. The molecule has 0 aliphatic carbocycles. The van der Waals surface area contributed by atoms with E-state index < -0.39 is 41.7 Å². The van der Waals surface area contributed by atoms with E-state index in [0.717, 1.165) is 4.57 Å². The Morgan fingerprint density at radius 1 is 1.18 bits per heavy atom. The lowest BCUT2D eigenvalue weighted by atomic mass is 10.2. The van der Waals surface area contributed by atoms with Gasteiger partial charge in [0.2, 0.25) is 5.91 Å². The number of nitrogen functional groups attached to an aromatic ring is 1. The van der Waals surface area contributed by atoms with Gasteiger partial charge in [-0.05, 0) is 19.3 Å². The first kappa shape index (κ1) is 33.2. The summed E-state index contributed by atoms with van der Waals surface area (Å²) in [5.41, 5.74) is 5.04. The average molecular weight is 621 g/mol. The summed E-state index contributed by atoms with van der Waals surface area (Å²) in [6.07, 6.45) is 0.322. The predicted molar refractivity (Wildman–Crippen MR) is 126 cm³/mol. The van der Waals surface area contributed by atoms with Gasteiger partial charge in [-0.3, -0.25) is 9.36 Å². The maximum atomic E-state index is 12.3. The minimum atomic E-state index is -5.73. The summed E-state index contributed by atoms with van der Waals surface area (Å²) in [6.45, 7) is 0.321. The first-order valence-electron chi connectivity index (χ1n) is 10.7. The highest BCUT2D eigenvalue weighted by Crippen LogP contribution is 2.66. The zero-order valence-corrected chi connectivity index (χ0v) is 22.5. The maximum absolute atomic E-state index is 12.3. The van der Waals surface area contributed by atoms with Crippen LogP contribution in [0.25, 0.3) is 0 Å². The molecule has 1 aliphatic heterocycles. The van der Waals surface area contributed by atoms with Crippen LogP contribution in [0.5, 0.6) is 0 Å². The molecule has 220 valence electrons. The molecule has 4 atom stereocenters. The van der Waals surface area contributed by atoms with Crippen LogP contribution in [0.4, 0.5) is 5.82 Å². The van der Waals surface area contributed by atoms with Crippen LogP contribution in [-0.4, -0.2) is 54.5 Å². The lowest BCUT2D eigenvalue weighted by Crippen LogP contribution is -2.28. The zero-order valence-electron chi connectivity index (χ0n) is 19.9. The van der Waals surface area contributed by atoms with Crippen molar-refractivity contribution in [1.82, 2.24) is 14.9 Å². The van der Waals surface area contributed by atoms with Gasteiger partial charge >= 0.3 is 29.2 Å². The van der Waals surface area contributed by atoms with Gasteiger partial charge in [-0.15, -0.1) is 4.67 Å². The van der Waals surface area contributed by atoms with E-state index in [2.05, 4.69) is 45.2 Å². The Bertz CT molecular complexity index is 1270. The quantitative estimate of drug-likeness (QED) is 0.0442. The van der Waals surface area contributed by atoms with Gasteiger partial charge in [0.15, 0.2) is 6.29 Å². The van der Waals surface area contributed by atoms with Crippen LogP contribution < -0.4 is 22.6 Å². The van der Waals surface area contributed by atoms with E-state index >= 15 is 0 Å². The Morgan fingerprint density at radius 3 is 2.56 bits per heavy atom. The predicted octanol–water partition coefficient (Wildman–Crippen LogP) is -0.736. The Labute approximate surface area is 219 Å². The molecular formula is C16H26N5O15P3. The Kier molecular flexibility index (Phi) is 12.4. The topological polar surface area (TPSA) is 304 Å². The molecule has 1 aromatic heterocycles. The van der Waals surface area contributed by atoms with E-state index in [0.29, 0.717) is 19.4 Å². The van der Waals surface area contributed by atoms with Gasteiger partial charge in [0.05, 0.1) is 18.7 Å².